The number of rotatable bonds is 4. The van der Waals surface area contributed by atoms with Gasteiger partial charge in [0.25, 0.3) is 0 Å². The quantitative estimate of drug-likeness (QED) is 0.316. The summed E-state index contributed by atoms with van der Waals surface area (Å²) in [5, 5.41) is 43.7. The largest absolute Gasteiger partial charge is 0.394 e. The van der Waals surface area contributed by atoms with Gasteiger partial charge in [-0.05, 0) is 6.92 Å². The molecule has 0 aliphatic heterocycles. The summed E-state index contributed by atoms with van der Waals surface area (Å²) in [7, 11) is 0. The van der Waals surface area contributed by atoms with E-state index in [-0.39, 0.29) is 0 Å². The number of aliphatic hydroxyl groups excluding tert-OH is 5. The zero-order valence-corrected chi connectivity index (χ0v) is 6.25. The molecule has 0 aromatic carbocycles. The molecule has 0 fully saturated rings. The second-order valence-electron chi connectivity index (χ2n) is 2.47. The molecule has 0 heterocycles. The van der Waals surface area contributed by atoms with Crippen LogP contribution in [-0.2, 0) is 0 Å². The summed E-state index contributed by atoms with van der Waals surface area (Å²) in [6, 6.07) is 0. The van der Waals surface area contributed by atoms with E-state index in [1.807, 2.05) is 0 Å². The van der Waals surface area contributed by atoms with Gasteiger partial charge in [-0.2, -0.15) is 0 Å². The van der Waals surface area contributed by atoms with Crippen LogP contribution in [0.5, 0.6) is 0 Å². The van der Waals surface area contributed by atoms with Crippen LogP contribution in [-0.4, -0.2) is 56.6 Å². The average molecular weight is 166 g/mol. The maximum atomic E-state index is 8.94. The third-order valence-corrected chi connectivity index (χ3v) is 1.43. The normalized spacial score (nSPS) is 22.4. The zero-order valence-electron chi connectivity index (χ0n) is 6.25. The monoisotopic (exact) mass is 166 g/mol. The highest BCUT2D eigenvalue weighted by molar-refractivity contribution is 4.77. The highest BCUT2D eigenvalue weighted by Crippen LogP contribution is 2.03. The minimum Gasteiger partial charge on any atom is -0.394 e. The first kappa shape index (κ1) is 10.8. The Balaban J connectivity index is 3.90. The number of aliphatic hydroxyl groups is 5. The van der Waals surface area contributed by atoms with Crippen molar-refractivity contribution in [3.63, 3.8) is 0 Å². The molecule has 0 rings (SSSR count). The molecule has 0 aromatic heterocycles. The molecule has 5 heteroatoms. The van der Waals surface area contributed by atoms with Crippen LogP contribution in [0, 0.1) is 0 Å². The molecule has 11 heavy (non-hydrogen) atoms. The van der Waals surface area contributed by atoms with Crippen molar-refractivity contribution in [2.45, 2.75) is 31.3 Å². The lowest BCUT2D eigenvalue weighted by Gasteiger charge is -2.23. The molecule has 68 valence electrons. The van der Waals surface area contributed by atoms with Crippen molar-refractivity contribution in [2.24, 2.45) is 0 Å². The van der Waals surface area contributed by atoms with Gasteiger partial charge in [0.2, 0.25) is 0 Å². The van der Waals surface area contributed by atoms with Crippen LogP contribution >= 0.6 is 0 Å². The Kier molecular flexibility index (Phi) is 4.55. The van der Waals surface area contributed by atoms with E-state index in [9.17, 15) is 0 Å². The van der Waals surface area contributed by atoms with Crippen molar-refractivity contribution in [2.75, 3.05) is 6.61 Å². The standard InChI is InChI=1S/C6H14O5/c1-3(8)5(10)6(11)4(9)2-7/h3-11H,2H2,1H3/t3?,4-,5-,6+/m1/s1. The highest BCUT2D eigenvalue weighted by atomic mass is 16.4. The van der Waals surface area contributed by atoms with Gasteiger partial charge in [0.15, 0.2) is 0 Å². The van der Waals surface area contributed by atoms with Gasteiger partial charge in [0.05, 0.1) is 12.7 Å². The molecule has 0 aromatic rings. The number of hydrogen-bond donors (Lipinski definition) is 5. The van der Waals surface area contributed by atoms with Crippen LogP contribution in [0.2, 0.25) is 0 Å². The number of hydrogen-bond acceptors (Lipinski definition) is 5. The molecule has 0 bridgehead atoms. The molecule has 0 amide bonds. The van der Waals surface area contributed by atoms with E-state index in [0.717, 1.165) is 0 Å². The van der Waals surface area contributed by atoms with Gasteiger partial charge in [-0.3, -0.25) is 0 Å². The molecule has 5 N–H and O–H groups in total. The predicted molar refractivity (Wildman–Crippen MR) is 36.8 cm³/mol. The van der Waals surface area contributed by atoms with Crippen LogP contribution in [0.15, 0.2) is 0 Å². The summed E-state index contributed by atoms with van der Waals surface area (Å²) < 4.78 is 0. The molecular formula is C6H14O5. The molecule has 0 spiro atoms. The Labute approximate surface area is 64.5 Å². The summed E-state index contributed by atoms with van der Waals surface area (Å²) >= 11 is 0. The van der Waals surface area contributed by atoms with Gasteiger partial charge in [-0.1, -0.05) is 0 Å². The lowest BCUT2D eigenvalue weighted by molar-refractivity contribution is -0.110. The fraction of sp³-hybridized carbons (Fsp3) is 1.00. The van der Waals surface area contributed by atoms with Crippen molar-refractivity contribution >= 4 is 0 Å². The topological polar surface area (TPSA) is 101 Å². The minimum absolute atomic E-state index is 0.648. The first-order chi connectivity index (χ1) is 5.00. The summed E-state index contributed by atoms with van der Waals surface area (Å²) in [5.41, 5.74) is 0. The Morgan fingerprint density at radius 2 is 1.45 bits per heavy atom. The molecule has 5 nitrogen and oxygen atoms in total. The van der Waals surface area contributed by atoms with Gasteiger partial charge in [-0.25, -0.2) is 0 Å². The van der Waals surface area contributed by atoms with E-state index < -0.39 is 31.0 Å². The summed E-state index contributed by atoms with van der Waals surface area (Å²) in [4.78, 5) is 0. The molecule has 4 atom stereocenters. The van der Waals surface area contributed by atoms with E-state index in [2.05, 4.69) is 0 Å². The van der Waals surface area contributed by atoms with Gasteiger partial charge in [-0.15, -0.1) is 0 Å². The van der Waals surface area contributed by atoms with Crippen molar-refractivity contribution in [3.05, 3.63) is 0 Å². The van der Waals surface area contributed by atoms with Crippen LogP contribution in [0.25, 0.3) is 0 Å². The fourth-order valence-corrected chi connectivity index (χ4v) is 0.621. The summed E-state index contributed by atoms with van der Waals surface area (Å²) in [6.45, 7) is 0.628. The molecule has 0 radical (unpaired) electrons. The SMILES string of the molecule is CC(O)[C@@H](O)[C@@H](O)[C@H](O)CO. The van der Waals surface area contributed by atoms with Gasteiger partial charge < -0.3 is 25.5 Å². The summed E-state index contributed by atoms with van der Waals surface area (Å²) in [5.74, 6) is 0. The maximum Gasteiger partial charge on any atom is 0.110 e. The van der Waals surface area contributed by atoms with Crippen LogP contribution in [0.3, 0.4) is 0 Å². The van der Waals surface area contributed by atoms with E-state index >= 15 is 0 Å². The summed E-state index contributed by atoms with van der Waals surface area (Å²) in [6.07, 6.45) is -5.50. The zero-order chi connectivity index (χ0) is 9.02. The molecule has 0 aliphatic rings. The third kappa shape index (κ3) is 3.13. The second kappa shape index (κ2) is 4.63. The predicted octanol–water partition coefficient (Wildman–Crippen LogP) is -2.56. The minimum atomic E-state index is -1.51. The van der Waals surface area contributed by atoms with Crippen molar-refractivity contribution < 1.29 is 25.5 Å². The molecule has 0 aliphatic carbocycles. The van der Waals surface area contributed by atoms with Gasteiger partial charge in [0, 0.05) is 0 Å². The fourth-order valence-electron chi connectivity index (χ4n) is 0.621. The van der Waals surface area contributed by atoms with Crippen molar-refractivity contribution in [1.82, 2.24) is 0 Å². The Bertz CT molecular complexity index is 105. The third-order valence-electron chi connectivity index (χ3n) is 1.43. The van der Waals surface area contributed by atoms with Crippen LogP contribution in [0.4, 0.5) is 0 Å². The van der Waals surface area contributed by atoms with Crippen molar-refractivity contribution in [3.8, 4) is 0 Å². The Hall–Kier alpha value is -0.200. The first-order valence-corrected chi connectivity index (χ1v) is 3.33. The van der Waals surface area contributed by atoms with Crippen molar-refractivity contribution in [1.29, 1.82) is 0 Å². The molecular weight excluding hydrogens is 152 g/mol. The van der Waals surface area contributed by atoms with Crippen LogP contribution in [0.1, 0.15) is 6.92 Å². The second-order valence-corrected chi connectivity index (χ2v) is 2.47. The average Bonchev–Trinajstić information content (AvgIpc) is 2.00. The molecule has 1 unspecified atom stereocenters. The molecule has 0 saturated heterocycles. The molecule has 0 saturated carbocycles. The Morgan fingerprint density at radius 1 is 1.00 bits per heavy atom. The van der Waals surface area contributed by atoms with E-state index in [0.29, 0.717) is 0 Å². The van der Waals surface area contributed by atoms with Gasteiger partial charge >= 0.3 is 0 Å². The highest BCUT2D eigenvalue weighted by Gasteiger charge is 2.27. The maximum absolute atomic E-state index is 8.94. The first-order valence-electron chi connectivity index (χ1n) is 3.33. The van der Waals surface area contributed by atoms with E-state index in [1.165, 1.54) is 6.92 Å². The lowest BCUT2D eigenvalue weighted by Crippen LogP contribution is -2.44. The van der Waals surface area contributed by atoms with E-state index in [4.69, 9.17) is 25.5 Å². The lowest BCUT2D eigenvalue weighted by atomic mass is 10.1. The smallest absolute Gasteiger partial charge is 0.110 e. The van der Waals surface area contributed by atoms with Gasteiger partial charge in [0.1, 0.15) is 18.3 Å². The Morgan fingerprint density at radius 3 is 1.73 bits per heavy atom. The van der Waals surface area contributed by atoms with Crippen LogP contribution < -0.4 is 0 Å². The van der Waals surface area contributed by atoms with E-state index in [1.54, 1.807) is 0 Å².